The first-order valence-electron chi connectivity index (χ1n) is 9.77. The van der Waals surface area contributed by atoms with Crippen LogP contribution in [0.3, 0.4) is 0 Å². The predicted molar refractivity (Wildman–Crippen MR) is 120 cm³/mol. The van der Waals surface area contributed by atoms with Gasteiger partial charge in [-0.2, -0.15) is 0 Å². The van der Waals surface area contributed by atoms with E-state index in [1.54, 1.807) is 26.0 Å². The second-order valence-electron chi connectivity index (χ2n) is 7.57. The van der Waals surface area contributed by atoms with Crippen LogP contribution >= 0.6 is 0 Å². The molecule has 4 aromatic rings. The summed E-state index contributed by atoms with van der Waals surface area (Å²) >= 11 is 0. The quantitative estimate of drug-likeness (QED) is 0.470. The Morgan fingerprint density at radius 1 is 1.10 bits per heavy atom. The van der Waals surface area contributed by atoms with Crippen molar-refractivity contribution in [3.8, 4) is 11.4 Å². The number of anilines is 1. The summed E-state index contributed by atoms with van der Waals surface area (Å²) in [5.74, 6) is -0.269. The van der Waals surface area contributed by atoms with Crippen molar-refractivity contribution in [2.75, 3.05) is 5.73 Å². The van der Waals surface area contributed by atoms with E-state index in [9.17, 15) is 14.7 Å². The lowest BCUT2D eigenvalue weighted by atomic mass is 10.1. The zero-order chi connectivity index (χ0) is 22.4. The van der Waals surface area contributed by atoms with E-state index in [1.165, 1.54) is 9.13 Å². The number of benzene rings is 2. The molecular weight excluding hydrogens is 394 g/mol. The molecular formula is C23H23N5O3. The van der Waals surface area contributed by atoms with Crippen LogP contribution in [0.5, 0.6) is 5.75 Å². The largest absolute Gasteiger partial charge is 0.508 e. The van der Waals surface area contributed by atoms with Gasteiger partial charge < -0.3 is 16.6 Å². The fraction of sp³-hybridized carbons (Fsp3) is 0.174. The third-order valence-corrected chi connectivity index (χ3v) is 5.56. The average Bonchev–Trinajstić information content (AvgIpc) is 3.01. The van der Waals surface area contributed by atoms with Crippen LogP contribution in [0.4, 0.5) is 5.82 Å². The maximum absolute atomic E-state index is 13.5. The van der Waals surface area contributed by atoms with Gasteiger partial charge in [-0.05, 0) is 38.0 Å². The molecule has 0 saturated heterocycles. The summed E-state index contributed by atoms with van der Waals surface area (Å²) in [5, 5.41) is 10.3. The molecule has 0 atom stereocenters. The van der Waals surface area contributed by atoms with Crippen LogP contribution in [0.25, 0.3) is 16.7 Å². The fourth-order valence-electron chi connectivity index (χ4n) is 3.98. The van der Waals surface area contributed by atoms with Gasteiger partial charge in [-0.1, -0.05) is 36.4 Å². The fourth-order valence-corrected chi connectivity index (χ4v) is 3.98. The molecule has 2 heterocycles. The summed E-state index contributed by atoms with van der Waals surface area (Å²) in [6, 6.07) is 12.8. The molecule has 0 radical (unpaired) electrons. The highest BCUT2D eigenvalue weighted by Gasteiger charge is 2.27. The standard InChI is InChI=1S/C23H23N5O3/c1-12-9-10-16(29)13(2)19(12)28-20(24)17(21(25)30)18-22(28)26-14(3)27(23(18)31)11-15-7-5-4-6-8-15/h4-10,29H,11,24H2,1-3H3,(H2,25,30). The number of nitrogens with zero attached hydrogens (tertiary/aromatic N) is 3. The molecule has 8 heteroatoms. The van der Waals surface area contributed by atoms with E-state index in [0.29, 0.717) is 23.6 Å². The van der Waals surface area contributed by atoms with Gasteiger partial charge in [0, 0.05) is 5.56 Å². The number of hydrogen-bond acceptors (Lipinski definition) is 5. The third kappa shape index (κ3) is 3.13. The lowest BCUT2D eigenvalue weighted by Gasteiger charge is -2.16. The Balaban J connectivity index is 2.10. The molecule has 0 aliphatic rings. The van der Waals surface area contributed by atoms with Crippen molar-refractivity contribution < 1.29 is 9.90 Å². The lowest BCUT2D eigenvalue weighted by molar-refractivity contribution is 0.100. The number of aryl methyl sites for hydroxylation is 2. The van der Waals surface area contributed by atoms with Crippen LogP contribution in [-0.2, 0) is 6.54 Å². The zero-order valence-corrected chi connectivity index (χ0v) is 17.5. The van der Waals surface area contributed by atoms with Gasteiger partial charge in [0.05, 0.1) is 23.2 Å². The number of nitrogens with two attached hydrogens (primary N) is 2. The molecule has 158 valence electrons. The Morgan fingerprint density at radius 3 is 2.42 bits per heavy atom. The predicted octanol–water partition coefficient (Wildman–Crippen LogP) is 2.55. The molecule has 2 aromatic carbocycles. The lowest BCUT2D eigenvalue weighted by Crippen LogP contribution is -2.26. The monoisotopic (exact) mass is 417 g/mol. The van der Waals surface area contributed by atoms with Crippen molar-refractivity contribution in [2.45, 2.75) is 27.3 Å². The van der Waals surface area contributed by atoms with Gasteiger partial charge in [-0.25, -0.2) is 4.98 Å². The van der Waals surface area contributed by atoms with Crippen molar-refractivity contribution in [3.63, 3.8) is 0 Å². The van der Waals surface area contributed by atoms with Gasteiger partial charge in [0.2, 0.25) is 0 Å². The number of aromatic nitrogens is 3. The molecule has 8 nitrogen and oxygen atoms in total. The van der Waals surface area contributed by atoms with Gasteiger partial charge in [0.25, 0.3) is 11.5 Å². The number of carbonyl (C=O) groups excluding carboxylic acids is 1. The maximum Gasteiger partial charge on any atom is 0.264 e. The van der Waals surface area contributed by atoms with E-state index in [-0.39, 0.29) is 28.2 Å². The summed E-state index contributed by atoms with van der Waals surface area (Å²) in [6.45, 7) is 5.60. The number of nitrogen functional groups attached to an aromatic ring is 1. The molecule has 0 saturated carbocycles. The molecule has 0 fully saturated rings. The molecule has 0 aliphatic heterocycles. The van der Waals surface area contributed by atoms with Gasteiger partial charge in [0.15, 0.2) is 5.65 Å². The number of fused-ring (bicyclic) bond motifs is 1. The van der Waals surface area contributed by atoms with Crippen molar-refractivity contribution in [3.05, 3.63) is 80.9 Å². The highest BCUT2D eigenvalue weighted by atomic mass is 16.3. The van der Waals surface area contributed by atoms with Gasteiger partial charge in [-0.3, -0.25) is 18.7 Å². The van der Waals surface area contributed by atoms with Crippen LogP contribution in [0.2, 0.25) is 0 Å². The third-order valence-electron chi connectivity index (χ3n) is 5.56. The minimum absolute atomic E-state index is 0.0146. The number of primary amides is 1. The number of phenols is 1. The topological polar surface area (TPSA) is 129 Å². The number of phenolic OH excluding ortho intramolecular Hbond substituents is 1. The number of amides is 1. The summed E-state index contributed by atoms with van der Waals surface area (Å²) < 4.78 is 3.02. The van der Waals surface area contributed by atoms with E-state index in [0.717, 1.165) is 11.1 Å². The Labute approximate surface area is 178 Å². The molecule has 5 N–H and O–H groups in total. The van der Waals surface area contributed by atoms with E-state index in [1.807, 2.05) is 37.3 Å². The molecule has 2 aromatic heterocycles. The van der Waals surface area contributed by atoms with E-state index in [4.69, 9.17) is 11.5 Å². The Morgan fingerprint density at radius 2 is 1.77 bits per heavy atom. The van der Waals surface area contributed by atoms with Crippen LogP contribution in [0, 0.1) is 20.8 Å². The van der Waals surface area contributed by atoms with Crippen molar-refractivity contribution in [1.82, 2.24) is 14.1 Å². The van der Waals surface area contributed by atoms with E-state index >= 15 is 0 Å². The molecule has 0 spiro atoms. The van der Waals surface area contributed by atoms with Gasteiger partial charge >= 0.3 is 0 Å². The summed E-state index contributed by atoms with van der Waals surface area (Å²) in [4.78, 5) is 30.5. The summed E-state index contributed by atoms with van der Waals surface area (Å²) in [5.41, 5.74) is 14.6. The highest BCUT2D eigenvalue weighted by Crippen LogP contribution is 2.34. The first kappa shape index (κ1) is 20.2. The Kier molecular flexibility index (Phi) is 4.77. The number of aromatic hydroxyl groups is 1. The van der Waals surface area contributed by atoms with Gasteiger partial charge in [-0.15, -0.1) is 0 Å². The first-order chi connectivity index (χ1) is 14.7. The maximum atomic E-state index is 13.5. The minimum Gasteiger partial charge on any atom is -0.508 e. The Bertz CT molecular complexity index is 1400. The summed E-state index contributed by atoms with van der Waals surface area (Å²) in [6.07, 6.45) is 0. The molecule has 0 bridgehead atoms. The van der Waals surface area contributed by atoms with Crippen molar-refractivity contribution in [2.24, 2.45) is 5.73 Å². The summed E-state index contributed by atoms with van der Waals surface area (Å²) in [7, 11) is 0. The van der Waals surface area contributed by atoms with Crippen LogP contribution < -0.4 is 17.0 Å². The second kappa shape index (κ2) is 7.32. The van der Waals surface area contributed by atoms with Crippen molar-refractivity contribution in [1.29, 1.82) is 0 Å². The normalized spacial score (nSPS) is 11.2. The molecule has 31 heavy (non-hydrogen) atoms. The highest BCUT2D eigenvalue weighted by molar-refractivity contribution is 6.10. The van der Waals surface area contributed by atoms with E-state index in [2.05, 4.69) is 4.98 Å². The number of carbonyl (C=O) groups is 1. The van der Waals surface area contributed by atoms with Gasteiger partial charge in [0.1, 0.15) is 17.4 Å². The smallest absolute Gasteiger partial charge is 0.264 e. The number of rotatable bonds is 4. The SMILES string of the molecule is Cc1ccc(O)c(C)c1-n1c(N)c(C(N)=O)c2c(=O)n(Cc3ccccc3)c(C)nc21. The number of hydrogen-bond donors (Lipinski definition) is 3. The van der Waals surface area contributed by atoms with Crippen LogP contribution in [0.15, 0.2) is 47.3 Å². The first-order valence-corrected chi connectivity index (χ1v) is 9.77. The Hall–Kier alpha value is -4.07. The molecule has 1 amide bonds. The van der Waals surface area contributed by atoms with Crippen LogP contribution in [0.1, 0.15) is 32.9 Å². The molecule has 4 rings (SSSR count). The zero-order valence-electron chi connectivity index (χ0n) is 17.5. The minimum atomic E-state index is -0.814. The van der Waals surface area contributed by atoms with E-state index < -0.39 is 11.5 Å². The second-order valence-corrected chi connectivity index (χ2v) is 7.57. The molecule has 0 aliphatic carbocycles. The van der Waals surface area contributed by atoms with Crippen molar-refractivity contribution >= 4 is 22.8 Å². The van der Waals surface area contributed by atoms with Crippen LogP contribution in [-0.4, -0.2) is 25.1 Å². The average molecular weight is 417 g/mol. The molecule has 0 unspecified atom stereocenters.